The molecule has 0 saturated carbocycles. The van der Waals surface area contributed by atoms with Crippen molar-refractivity contribution in [1.29, 1.82) is 0 Å². The number of carbonyl (C=O) groups excluding carboxylic acids is 1. The molecule has 2 bridgehead atoms. The average Bonchev–Trinajstić information content (AvgIpc) is 2.80. The summed E-state index contributed by atoms with van der Waals surface area (Å²) >= 11 is 6.24. The first kappa shape index (κ1) is 14.0. The van der Waals surface area contributed by atoms with E-state index in [4.69, 9.17) is 11.6 Å². The van der Waals surface area contributed by atoms with Crippen LogP contribution in [0.15, 0.2) is 30.5 Å². The van der Waals surface area contributed by atoms with Gasteiger partial charge in [0.15, 0.2) is 0 Å². The van der Waals surface area contributed by atoms with E-state index < -0.39 is 0 Å². The number of nitrogens with zero attached hydrogens (tertiary/aromatic N) is 2. The van der Waals surface area contributed by atoms with Gasteiger partial charge in [-0.25, -0.2) is 0 Å². The van der Waals surface area contributed by atoms with Gasteiger partial charge in [0.05, 0.1) is 16.1 Å². The Kier molecular flexibility index (Phi) is 3.51. The molecule has 0 aliphatic carbocycles. The lowest BCUT2D eigenvalue weighted by Gasteiger charge is -2.28. The minimum absolute atomic E-state index is 0.0940. The topological polar surface area (TPSA) is 45.2 Å². The van der Waals surface area contributed by atoms with Crippen LogP contribution in [0.1, 0.15) is 29.6 Å². The molecule has 2 saturated heterocycles. The standard InChI is InChI=1S/C17H18ClN3O/c18-15-6-5-14(16-13(15)2-1-8-20-16)17(22)21-11-3-4-12(21)10-19-9-7-11/h1-2,5-6,8,11-12,19H,3-4,7,9-10H2. The molecule has 5 heteroatoms. The fraction of sp³-hybridized carbons (Fsp3) is 0.412. The van der Waals surface area contributed by atoms with Gasteiger partial charge >= 0.3 is 0 Å². The summed E-state index contributed by atoms with van der Waals surface area (Å²) in [5, 5.41) is 4.91. The second-order valence-corrected chi connectivity index (χ2v) is 6.49. The highest BCUT2D eigenvalue weighted by molar-refractivity contribution is 6.36. The molecular weight excluding hydrogens is 298 g/mol. The number of fused-ring (bicyclic) bond motifs is 3. The summed E-state index contributed by atoms with van der Waals surface area (Å²) in [4.78, 5) is 19.6. The van der Waals surface area contributed by atoms with Crippen LogP contribution in [-0.2, 0) is 0 Å². The van der Waals surface area contributed by atoms with E-state index in [0.29, 0.717) is 28.2 Å². The van der Waals surface area contributed by atoms with Gasteiger partial charge in [0.2, 0.25) is 0 Å². The molecule has 0 radical (unpaired) electrons. The number of amides is 1. The summed E-state index contributed by atoms with van der Waals surface area (Å²) in [6.45, 7) is 1.88. The quantitative estimate of drug-likeness (QED) is 0.880. The summed E-state index contributed by atoms with van der Waals surface area (Å²) in [7, 11) is 0. The van der Waals surface area contributed by atoms with Gasteiger partial charge in [-0.1, -0.05) is 11.6 Å². The number of hydrogen-bond donors (Lipinski definition) is 1. The van der Waals surface area contributed by atoms with Crippen LogP contribution in [-0.4, -0.2) is 41.0 Å². The summed E-state index contributed by atoms with van der Waals surface area (Å²) in [5.41, 5.74) is 1.37. The number of hydrogen-bond acceptors (Lipinski definition) is 3. The zero-order valence-electron chi connectivity index (χ0n) is 12.3. The predicted molar refractivity (Wildman–Crippen MR) is 87.2 cm³/mol. The molecule has 4 rings (SSSR count). The Morgan fingerprint density at radius 3 is 3.00 bits per heavy atom. The smallest absolute Gasteiger partial charge is 0.256 e. The van der Waals surface area contributed by atoms with Gasteiger partial charge in [-0.15, -0.1) is 0 Å². The average molecular weight is 316 g/mol. The predicted octanol–water partition coefficient (Wildman–Crippen LogP) is 2.85. The van der Waals surface area contributed by atoms with Gasteiger partial charge in [-0.05, 0) is 50.1 Å². The SMILES string of the molecule is O=C(c1ccc(Cl)c2cccnc12)N1C2CCNCC1CC2. The van der Waals surface area contributed by atoms with Crippen LogP contribution >= 0.6 is 11.6 Å². The van der Waals surface area contributed by atoms with Gasteiger partial charge in [0, 0.05) is 30.2 Å². The lowest BCUT2D eigenvalue weighted by atomic mass is 10.1. The van der Waals surface area contributed by atoms with E-state index in [1.165, 1.54) is 0 Å². The fourth-order valence-electron chi connectivity index (χ4n) is 3.76. The Morgan fingerprint density at radius 1 is 1.23 bits per heavy atom. The monoisotopic (exact) mass is 315 g/mol. The van der Waals surface area contributed by atoms with E-state index in [2.05, 4.69) is 15.2 Å². The van der Waals surface area contributed by atoms with Crippen LogP contribution in [0.4, 0.5) is 0 Å². The minimum atomic E-state index is 0.0940. The Bertz CT molecular complexity index is 719. The second kappa shape index (κ2) is 5.52. The van der Waals surface area contributed by atoms with Crippen molar-refractivity contribution in [3.63, 3.8) is 0 Å². The maximum absolute atomic E-state index is 13.2. The van der Waals surface area contributed by atoms with Crippen LogP contribution in [0, 0.1) is 0 Å². The molecule has 114 valence electrons. The Morgan fingerprint density at radius 2 is 2.09 bits per heavy atom. The first-order valence-electron chi connectivity index (χ1n) is 7.82. The van der Waals surface area contributed by atoms with E-state index in [1.54, 1.807) is 12.3 Å². The Hall–Kier alpha value is -1.65. The zero-order valence-corrected chi connectivity index (χ0v) is 13.0. The number of pyridine rings is 1. The van der Waals surface area contributed by atoms with Gasteiger partial charge in [-0.3, -0.25) is 9.78 Å². The van der Waals surface area contributed by atoms with Gasteiger partial charge in [-0.2, -0.15) is 0 Å². The van der Waals surface area contributed by atoms with Crippen LogP contribution in [0.5, 0.6) is 0 Å². The summed E-state index contributed by atoms with van der Waals surface area (Å²) in [6, 6.07) is 8.03. The van der Waals surface area contributed by atoms with E-state index in [-0.39, 0.29) is 5.91 Å². The Balaban J connectivity index is 1.79. The molecule has 1 aromatic carbocycles. The van der Waals surface area contributed by atoms with Gasteiger partial charge in [0.25, 0.3) is 5.91 Å². The summed E-state index contributed by atoms with van der Waals surface area (Å²) in [6.07, 6.45) is 4.94. The first-order chi connectivity index (χ1) is 10.8. The van der Waals surface area contributed by atoms with Crippen LogP contribution < -0.4 is 5.32 Å². The minimum Gasteiger partial charge on any atom is -0.331 e. The van der Waals surface area contributed by atoms with Gasteiger partial charge < -0.3 is 10.2 Å². The third-order valence-corrected chi connectivity index (χ3v) is 5.17. The van der Waals surface area contributed by atoms with E-state index in [0.717, 1.165) is 37.7 Å². The first-order valence-corrected chi connectivity index (χ1v) is 8.20. The molecule has 3 heterocycles. The lowest BCUT2D eigenvalue weighted by Crippen LogP contribution is -2.42. The normalized spacial score (nSPS) is 24.5. The van der Waals surface area contributed by atoms with Gasteiger partial charge in [0.1, 0.15) is 0 Å². The molecule has 2 fully saturated rings. The number of nitrogens with one attached hydrogen (secondary N) is 1. The van der Waals surface area contributed by atoms with Crippen LogP contribution in [0.25, 0.3) is 10.9 Å². The molecule has 2 aliphatic heterocycles. The van der Waals surface area contributed by atoms with Crippen LogP contribution in [0.3, 0.4) is 0 Å². The second-order valence-electron chi connectivity index (χ2n) is 6.08. The van der Waals surface area contributed by atoms with Crippen molar-refractivity contribution in [3.8, 4) is 0 Å². The maximum Gasteiger partial charge on any atom is 0.256 e. The molecule has 1 amide bonds. The molecule has 2 aromatic rings. The highest BCUT2D eigenvalue weighted by atomic mass is 35.5. The number of carbonyl (C=O) groups is 1. The molecule has 1 aromatic heterocycles. The summed E-state index contributed by atoms with van der Waals surface area (Å²) in [5.74, 6) is 0.0940. The van der Waals surface area contributed by atoms with Crippen molar-refractivity contribution < 1.29 is 4.79 Å². The van der Waals surface area contributed by atoms with Crippen molar-refractivity contribution in [2.45, 2.75) is 31.3 Å². The van der Waals surface area contributed by atoms with E-state index in [9.17, 15) is 4.79 Å². The maximum atomic E-state index is 13.2. The molecule has 22 heavy (non-hydrogen) atoms. The van der Waals surface area contributed by atoms with Crippen molar-refractivity contribution in [1.82, 2.24) is 15.2 Å². The highest BCUT2D eigenvalue weighted by Crippen LogP contribution is 2.32. The molecule has 1 N–H and O–H groups in total. The molecule has 2 atom stereocenters. The Labute approximate surface area is 134 Å². The lowest BCUT2D eigenvalue weighted by molar-refractivity contribution is 0.0682. The number of benzene rings is 1. The molecule has 0 spiro atoms. The fourth-order valence-corrected chi connectivity index (χ4v) is 3.98. The molecule has 2 unspecified atom stereocenters. The third kappa shape index (κ3) is 2.18. The number of rotatable bonds is 1. The van der Waals surface area contributed by atoms with E-state index >= 15 is 0 Å². The van der Waals surface area contributed by atoms with Crippen LogP contribution in [0.2, 0.25) is 5.02 Å². The summed E-state index contributed by atoms with van der Waals surface area (Å²) < 4.78 is 0. The highest BCUT2D eigenvalue weighted by Gasteiger charge is 2.38. The van der Waals surface area contributed by atoms with Crippen molar-refractivity contribution in [3.05, 3.63) is 41.0 Å². The number of aromatic nitrogens is 1. The molecular formula is C17H18ClN3O. The van der Waals surface area contributed by atoms with E-state index in [1.807, 2.05) is 18.2 Å². The number of halogens is 1. The zero-order chi connectivity index (χ0) is 15.1. The van der Waals surface area contributed by atoms with Crippen molar-refractivity contribution in [2.24, 2.45) is 0 Å². The van der Waals surface area contributed by atoms with Crippen molar-refractivity contribution in [2.75, 3.05) is 13.1 Å². The molecule has 4 nitrogen and oxygen atoms in total. The third-order valence-electron chi connectivity index (χ3n) is 4.84. The van der Waals surface area contributed by atoms with Crippen molar-refractivity contribution >= 4 is 28.4 Å². The molecule has 2 aliphatic rings. The largest absolute Gasteiger partial charge is 0.331 e.